The largest absolute Gasteiger partial charge is 0.463 e. The van der Waals surface area contributed by atoms with Crippen molar-refractivity contribution in [2.24, 2.45) is 4.99 Å². The summed E-state index contributed by atoms with van der Waals surface area (Å²) in [6, 6.07) is 6.68. The molecule has 2 N–H and O–H groups in total. The highest BCUT2D eigenvalue weighted by atomic mass is 79.9. The first kappa shape index (κ1) is 20.1. The lowest BCUT2D eigenvalue weighted by atomic mass is 10.1. The van der Waals surface area contributed by atoms with E-state index in [1.54, 1.807) is 13.8 Å². The third kappa shape index (κ3) is 4.68. The van der Waals surface area contributed by atoms with Gasteiger partial charge >= 0.3 is 13.6 Å². The molecule has 1 aliphatic heterocycles. The number of carbonyl (C=O) groups is 1. The molecule has 0 spiro atoms. The molecular formula is C15H21BrN3O5P. The second kappa shape index (κ2) is 8.91. The smallest absolute Gasteiger partial charge is 0.374 e. The van der Waals surface area contributed by atoms with Crippen LogP contribution in [0.2, 0.25) is 0 Å². The number of halogens is 1. The van der Waals surface area contributed by atoms with Gasteiger partial charge in [0.25, 0.3) is 0 Å². The van der Waals surface area contributed by atoms with Crippen molar-refractivity contribution in [2.75, 3.05) is 20.3 Å². The molecule has 0 unspecified atom stereocenters. The first-order valence-electron chi connectivity index (χ1n) is 7.77. The van der Waals surface area contributed by atoms with Crippen molar-refractivity contribution < 1.29 is 23.1 Å². The third-order valence-electron chi connectivity index (χ3n) is 3.45. The Morgan fingerprint density at radius 3 is 2.36 bits per heavy atom. The van der Waals surface area contributed by atoms with Crippen molar-refractivity contribution in [2.45, 2.75) is 25.7 Å². The van der Waals surface area contributed by atoms with Crippen LogP contribution in [0.1, 0.15) is 25.5 Å². The van der Waals surface area contributed by atoms with Gasteiger partial charge in [0, 0.05) is 4.47 Å². The highest BCUT2D eigenvalue weighted by Gasteiger charge is 2.45. The molecule has 1 heterocycles. The van der Waals surface area contributed by atoms with E-state index in [1.807, 2.05) is 24.3 Å². The number of benzene rings is 1. The fourth-order valence-electron chi connectivity index (χ4n) is 2.39. The van der Waals surface area contributed by atoms with Gasteiger partial charge in [0.2, 0.25) is 5.84 Å². The van der Waals surface area contributed by atoms with Crippen LogP contribution in [-0.4, -0.2) is 37.9 Å². The highest BCUT2D eigenvalue weighted by molar-refractivity contribution is 9.10. The zero-order chi connectivity index (χ0) is 18.4. The van der Waals surface area contributed by atoms with E-state index in [0.717, 1.165) is 10.0 Å². The number of ether oxygens (including phenoxy) is 1. The van der Waals surface area contributed by atoms with Crippen LogP contribution in [0.25, 0.3) is 0 Å². The maximum Gasteiger partial charge on any atom is 0.374 e. The van der Waals surface area contributed by atoms with Crippen LogP contribution in [0.3, 0.4) is 0 Å². The summed E-state index contributed by atoms with van der Waals surface area (Å²) in [7, 11) is -2.28. The molecule has 25 heavy (non-hydrogen) atoms. The Kier molecular flexibility index (Phi) is 7.15. The van der Waals surface area contributed by atoms with E-state index in [2.05, 4.69) is 31.8 Å². The molecular weight excluding hydrogens is 413 g/mol. The topological polar surface area (TPSA) is 98.2 Å². The standard InChI is InChI=1S/C15H21BrN3O5P/c1-4-23-25(21,24-5-2)14-12(10-6-8-11(16)9-7-10)17-13(18-19-14)15(20)22-3/h6-9,12,14,19H,4-5H2,1-3H3,(H,17,18)/t12-,14-/m0/s1. The van der Waals surface area contributed by atoms with Gasteiger partial charge in [-0.3, -0.25) is 15.0 Å². The Hall–Kier alpha value is -1.25. The number of aliphatic imine (C=N–C) groups is 1. The third-order valence-corrected chi connectivity index (χ3v) is 6.31. The minimum absolute atomic E-state index is 0.00813. The zero-order valence-corrected chi connectivity index (χ0v) is 16.7. The van der Waals surface area contributed by atoms with Crippen molar-refractivity contribution in [3.8, 4) is 0 Å². The Labute approximate surface area is 155 Å². The van der Waals surface area contributed by atoms with Crippen LogP contribution in [-0.2, 0) is 23.1 Å². The van der Waals surface area contributed by atoms with Gasteiger partial charge in [-0.1, -0.05) is 28.1 Å². The Bertz CT molecular complexity index is 672. The molecule has 2 atom stereocenters. The number of hydrogen-bond acceptors (Lipinski definition) is 8. The summed E-state index contributed by atoms with van der Waals surface area (Å²) in [6.07, 6.45) is 0. The molecule has 0 fully saturated rings. The van der Waals surface area contributed by atoms with E-state index < -0.39 is 25.4 Å². The predicted molar refractivity (Wildman–Crippen MR) is 97.3 cm³/mol. The fourth-order valence-corrected chi connectivity index (χ4v) is 4.58. The van der Waals surface area contributed by atoms with Gasteiger partial charge in [0.1, 0.15) is 6.04 Å². The van der Waals surface area contributed by atoms with Crippen LogP contribution in [0.4, 0.5) is 0 Å². The van der Waals surface area contributed by atoms with E-state index in [9.17, 15) is 9.36 Å². The molecule has 0 aliphatic carbocycles. The molecule has 0 saturated heterocycles. The number of rotatable bonds is 7. The first-order valence-corrected chi connectivity index (χ1v) is 10.2. The van der Waals surface area contributed by atoms with Crippen LogP contribution >= 0.6 is 23.5 Å². The molecule has 1 aromatic rings. The lowest BCUT2D eigenvalue weighted by Gasteiger charge is -2.34. The summed E-state index contributed by atoms with van der Waals surface area (Å²) < 4.78 is 29.7. The fraction of sp³-hybridized carbons (Fsp3) is 0.467. The lowest BCUT2D eigenvalue weighted by molar-refractivity contribution is -0.133. The van der Waals surface area contributed by atoms with Crippen molar-refractivity contribution in [1.29, 1.82) is 0 Å². The van der Waals surface area contributed by atoms with Crippen LogP contribution < -0.4 is 10.9 Å². The van der Waals surface area contributed by atoms with Crippen LogP contribution in [0.5, 0.6) is 0 Å². The molecule has 0 aromatic heterocycles. The maximum absolute atomic E-state index is 13.2. The molecule has 0 saturated carbocycles. The van der Waals surface area contributed by atoms with Crippen molar-refractivity contribution in [1.82, 2.24) is 10.9 Å². The summed E-state index contributed by atoms with van der Waals surface area (Å²) in [5.41, 5.74) is 6.24. The molecule has 8 nitrogen and oxygen atoms in total. The normalized spacial score (nSPS) is 20.6. The maximum atomic E-state index is 13.2. The number of nitrogens with one attached hydrogen (secondary N) is 2. The molecule has 10 heteroatoms. The number of nitrogens with zero attached hydrogens (tertiary/aromatic N) is 1. The van der Waals surface area contributed by atoms with Crippen molar-refractivity contribution >= 4 is 35.3 Å². The van der Waals surface area contributed by atoms with Crippen molar-refractivity contribution in [3.05, 3.63) is 34.3 Å². The van der Waals surface area contributed by atoms with E-state index in [0.29, 0.717) is 0 Å². The molecule has 1 aromatic carbocycles. The zero-order valence-electron chi connectivity index (χ0n) is 14.2. The summed E-state index contributed by atoms with van der Waals surface area (Å²) in [4.78, 5) is 16.2. The van der Waals surface area contributed by atoms with Gasteiger partial charge in [-0.15, -0.1) is 0 Å². The molecule has 0 amide bonds. The van der Waals surface area contributed by atoms with Gasteiger partial charge in [-0.2, -0.15) is 0 Å². The second-order valence-corrected chi connectivity index (χ2v) is 8.12. The number of methoxy groups -OCH3 is 1. The Morgan fingerprint density at radius 1 is 1.24 bits per heavy atom. The second-order valence-electron chi connectivity index (χ2n) is 5.06. The number of esters is 1. The molecule has 0 radical (unpaired) electrons. The van der Waals surface area contributed by atoms with Gasteiger partial charge < -0.3 is 13.8 Å². The van der Waals surface area contributed by atoms with Crippen molar-refractivity contribution in [3.63, 3.8) is 0 Å². The minimum Gasteiger partial charge on any atom is -0.463 e. The van der Waals surface area contributed by atoms with E-state index in [4.69, 9.17) is 13.8 Å². The number of hydrogen-bond donors (Lipinski definition) is 2. The van der Waals surface area contributed by atoms with Gasteiger partial charge in [0.05, 0.1) is 20.3 Å². The quantitative estimate of drug-likeness (QED) is 0.503. The first-order chi connectivity index (χ1) is 11.9. The van der Waals surface area contributed by atoms with Gasteiger partial charge in [0.15, 0.2) is 5.78 Å². The number of hydrazine groups is 1. The summed E-state index contributed by atoms with van der Waals surface area (Å²) in [5.74, 6) is -1.44. The van der Waals surface area contributed by atoms with E-state index in [1.165, 1.54) is 7.11 Å². The molecule has 1 aliphatic rings. The van der Waals surface area contributed by atoms with E-state index >= 15 is 0 Å². The molecule has 138 valence electrons. The van der Waals surface area contributed by atoms with Crippen LogP contribution in [0, 0.1) is 0 Å². The monoisotopic (exact) mass is 433 g/mol. The molecule has 0 bridgehead atoms. The Balaban J connectivity index is 2.47. The average molecular weight is 434 g/mol. The summed E-state index contributed by atoms with van der Waals surface area (Å²) in [5, 5.41) is 0. The van der Waals surface area contributed by atoms with Crippen LogP contribution in [0.15, 0.2) is 33.7 Å². The van der Waals surface area contributed by atoms with E-state index in [-0.39, 0.29) is 19.0 Å². The minimum atomic E-state index is -3.54. The lowest BCUT2D eigenvalue weighted by Crippen LogP contribution is -2.53. The SMILES string of the molecule is CCOP(=O)(OCC)[C@@H]1NNC(C(=O)OC)=N[C@H]1c1ccc(Br)cc1. The summed E-state index contributed by atoms with van der Waals surface area (Å²) >= 11 is 3.38. The van der Waals surface area contributed by atoms with Gasteiger partial charge in [-0.05, 0) is 31.5 Å². The summed E-state index contributed by atoms with van der Waals surface area (Å²) in [6.45, 7) is 3.91. The van der Waals surface area contributed by atoms with Gasteiger partial charge in [-0.25, -0.2) is 10.2 Å². The Morgan fingerprint density at radius 2 is 1.84 bits per heavy atom. The molecule has 2 rings (SSSR count). The number of carbonyl (C=O) groups excluding carboxylic acids is 1. The average Bonchev–Trinajstić information content (AvgIpc) is 2.61. The number of amidine groups is 1. The predicted octanol–water partition coefficient (Wildman–Crippen LogP) is 2.76. The highest BCUT2D eigenvalue weighted by Crippen LogP contribution is 2.56.